The van der Waals surface area contributed by atoms with Crippen molar-refractivity contribution in [1.29, 1.82) is 0 Å². The van der Waals surface area contributed by atoms with Crippen LogP contribution in [-0.2, 0) is 0 Å². The third-order valence-corrected chi connectivity index (χ3v) is 3.62. The molecule has 2 rings (SSSR count). The summed E-state index contributed by atoms with van der Waals surface area (Å²) in [4.78, 5) is 4.82. The Bertz CT molecular complexity index is 213. The standard InChI is InChI=1S/C12H24FN4/c1-11(8-13)10-16-4-6-17(7-5-16)12-9-14-2-3-15-12/h11-12,14H,2-10H2,1H3/t11?,12-/m0/s1. The second kappa shape index (κ2) is 6.64. The van der Waals surface area contributed by atoms with Gasteiger partial charge in [0.1, 0.15) is 0 Å². The summed E-state index contributed by atoms with van der Waals surface area (Å²) in [5, 5.41) is 8.03. The molecule has 17 heavy (non-hydrogen) atoms. The van der Waals surface area contributed by atoms with Crippen LogP contribution >= 0.6 is 0 Å². The Balaban J connectivity index is 1.70. The van der Waals surface area contributed by atoms with Crippen LogP contribution in [0.5, 0.6) is 0 Å². The van der Waals surface area contributed by atoms with Gasteiger partial charge in [0.2, 0.25) is 0 Å². The van der Waals surface area contributed by atoms with Crippen molar-refractivity contribution in [2.45, 2.75) is 13.1 Å². The summed E-state index contributed by atoms with van der Waals surface area (Å²) in [7, 11) is 0. The smallest absolute Gasteiger partial charge is 0.0932 e. The molecule has 0 spiro atoms. The van der Waals surface area contributed by atoms with Gasteiger partial charge in [0.25, 0.3) is 0 Å². The molecule has 2 aliphatic rings. The van der Waals surface area contributed by atoms with Gasteiger partial charge in [-0.25, -0.2) is 5.32 Å². The quantitative estimate of drug-likeness (QED) is 0.739. The summed E-state index contributed by atoms with van der Waals surface area (Å²) in [6.45, 7) is 9.84. The maximum Gasteiger partial charge on any atom is 0.0932 e. The number of rotatable bonds is 4. The van der Waals surface area contributed by atoms with Gasteiger partial charge in [-0.2, -0.15) is 0 Å². The highest BCUT2D eigenvalue weighted by molar-refractivity contribution is 4.81. The van der Waals surface area contributed by atoms with Crippen LogP contribution in [0.1, 0.15) is 6.92 Å². The van der Waals surface area contributed by atoms with E-state index in [-0.39, 0.29) is 12.6 Å². The lowest BCUT2D eigenvalue weighted by atomic mass is 10.1. The number of hydrogen-bond donors (Lipinski definition) is 1. The van der Waals surface area contributed by atoms with Gasteiger partial charge in [-0.05, 0) is 5.92 Å². The highest BCUT2D eigenvalue weighted by Crippen LogP contribution is 2.09. The summed E-state index contributed by atoms with van der Waals surface area (Å²) >= 11 is 0. The van der Waals surface area contributed by atoms with E-state index in [9.17, 15) is 4.39 Å². The molecule has 2 fully saturated rings. The third-order valence-electron chi connectivity index (χ3n) is 3.62. The Morgan fingerprint density at radius 3 is 2.71 bits per heavy atom. The van der Waals surface area contributed by atoms with Crippen molar-refractivity contribution in [2.75, 3.05) is 59.0 Å². The Kier molecular flexibility index (Phi) is 5.16. The maximum absolute atomic E-state index is 12.4. The van der Waals surface area contributed by atoms with Gasteiger partial charge in [-0.3, -0.25) is 9.29 Å². The summed E-state index contributed by atoms with van der Waals surface area (Å²) in [5.74, 6) is 0.169. The highest BCUT2D eigenvalue weighted by Gasteiger charge is 2.25. The molecule has 2 saturated heterocycles. The molecule has 2 atom stereocenters. The molecule has 0 saturated carbocycles. The molecule has 2 aliphatic heterocycles. The molecule has 4 nitrogen and oxygen atoms in total. The Morgan fingerprint density at radius 2 is 2.12 bits per heavy atom. The number of halogens is 1. The fraction of sp³-hybridized carbons (Fsp3) is 1.00. The molecule has 0 aliphatic carbocycles. The SMILES string of the molecule is CC(CF)CN1CCN([C@H]2CNCC[N]2)CC1. The highest BCUT2D eigenvalue weighted by atomic mass is 19.1. The molecule has 0 aromatic carbocycles. The predicted octanol–water partition coefficient (Wildman–Crippen LogP) is -0.257. The van der Waals surface area contributed by atoms with E-state index < -0.39 is 0 Å². The first-order valence-electron chi connectivity index (χ1n) is 6.69. The van der Waals surface area contributed by atoms with E-state index in [0.717, 1.165) is 52.4 Å². The molecule has 2 heterocycles. The van der Waals surface area contributed by atoms with Crippen molar-refractivity contribution < 1.29 is 4.39 Å². The summed E-state index contributed by atoms with van der Waals surface area (Å²) in [5.41, 5.74) is 0. The van der Waals surface area contributed by atoms with Crippen LogP contribution in [0.3, 0.4) is 0 Å². The van der Waals surface area contributed by atoms with Gasteiger partial charge in [-0.15, -0.1) is 0 Å². The van der Waals surface area contributed by atoms with Gasteiger partial charge in [-0.1, -0.05) is 6.92 Å². The third kappa shape index (κ3) is 3.88. The minimum atomic E-state index is -0.206. The summed E-state index contributed by atoms with van der Waals surface area (Å²) < 4.78 is 12.4. The first kappa shape index (κ1) is 13.2. The average molecular weight is 243 g/mol. The lowest BCUT2D eigenvalue weighted by molar-refractivity contribution is 0.0641. The van der Waals surface area contributed by atoms with Gasteiger partial charge in [0, 0.05) is 52.4 Å². The van der Waals surface area contributed by atoms with Crippen LogP contribution in [0, 0.1) is 5.92 Å². The molecule has 1 N–H and O–H groups in total. The van der Waals surface area contributed by atoms with E-state index in [0.29, 0.717) is 6.17 Å². The van der Waals surface area contributed by atoms with Gasteiger partial charge >= 0.3 is 0 Å². The molecule has 5 heteroatoms. The summed E-state index contributed by atoms with van der Waals surface area (Å²) in [6.07, 6.45) is 0.365. The molecule has 99 valence electrons. The number of alkyl halides is 1. The molecular formula is C12H24FN4. The number of nitrogens with one attached hydrogen (secondary N) is 1. The average Bonchev–Trinajstić information content (AvgIpc) is 2.40. The van der Waals surface area contributed by atoms with Crippen molar-refractivity contribution >= 4 is 0 Å². The van der Waals surface area contributed by atoms with Crippen LogP contribution in [0.15, 0.2) is 0 Å². The van der Waals surface area contributed by atoms with Crippen molar-refractivity contribution in [3.8, 4) is 0 Å². The Labute approximate surface area is 104 Å². The van der Waals surface area contributed by atoms with E-state index in [2.05, 4.69) is 20.4 Å². The Morgan fingerprint density at radius 1 is 1.35 bits per heavy atom. The largest absolute Gasteiger partial charge is 0.312 e. The van der Waals surface area contributed by atoms with Crippen molar-refractivity contribution in [2.24, 2.45) is 5.92 Å². The monoisotopic (exact) mass is 243 g/mol. The number of nitrogens with zero attached hydrogens (tertiary/aromatic N) is 3. The van der Waals surface area contributed by atoms with Crippen LogP contribution in [-0.4, -0.2) is 75.0 Å². The topological polar surface area (TPSA) is 32.6 Å². The molecule has 0 bridgehead atoms. The first-order chi connectivity index (χ1) is 8.29. The summed E-state index contributed by atoms with van der Waals surface area (Å²) in [6, 6.07) is 0. The fourth-order valence-electron chi connectivity index (χ4n) is 2.57. The second-order valence-corrected chi connectivity index (χ2v) is 5.19. The molecule has 0 aromatic heterocycles. The van der Waals surface area contributed by atoms with Crippen molar-refractivity contribution in [3.05, 3.63) is 0 Å². The van der Waals surface area contributed by atoms with Gasteiger partial charge < -0.3 is 10.2 Å². The lowest BCUT2D eigenvalue weighted by Gasteiger charge is -2.40. The van der Waals surface area contributed by atoms with E-state index >= 15 is 0 Å². The minimum Gasteiger partial charge on any atom is -0.312 e. The van der Waals surface area contributed by atoms with Gasteiger partial charge in [0.15, 0.2) is 0 Å². The van der Waals surface area contributed by atoms with Crippen LogP contribution in [0.25, 0.3) is 0 Å². The normalized spacial score (nSPS) is 30.4. The van der Waals surface area contributed by atoms with Crippen LogP contribution in [0.2, 0.25) is 0 Å². The fourth-order valence-corrected chi connectivity index (χ4v) is 2.57. The predicted molar refractivity (Wildman–Crippen MR) is 66.8 cm³/mol. The van der Waals surface area contributed by atoms with E-state index in [1.165, 1.54) is 0 Å². The van der Waals surface area contributed by atoms with E-state index in [4.69, 9.17) is 0 Å². The zero-order chi connectivity index (χ0) is 12.1. The van der Waals surface area contributed by atoms with E-state index in [1.807, 2.05) is 6.92 Å². The van der Waals surface area contributed by atoms with Crippen molar-refractivity contribution in [3.63, 3.8) is 0 Å². The maximum atomic E-state index is 12.4. The van der Waals surface area contributed by atoms with E-state index in [1.54, 1.807) is 0 Å². The minimum absolute atomic E-state index is 0.169. The number of hydrogen-bond acceptors (Lipinski definition) is 3. The molecular weight excluding hydrogens is 219 g/mol. The first-order valence-corrected chi connectivity index (χ1v) is 6.69. The van der Waals surface area contributed by atoms with Crippen molar-refractivity contribution in [1.82, 2.24) is 20.4 Å². The zero-order valence-corrected chi connectivity index (χ0v) is 10.7. The van der Waals surface area contributed by atoms with Gasteiger partial charge in [0.05, 0.1) is 12.8 Å². The molecule has 1 radical (unpaired) electrons. The second-order valence-electron chi connectivity index (χ2n) is 5.19. The Hall–Kier alpha value is -0.230. The number of piperazine rings is 2. The van der Waals surface area contributed by atoms with Crippen LogP contribution in [0.4, 0.5) is 4.39 Å². The van der Waals surface area contributed by atoms with Crippen LogP contribution < -0.4 is 10.6 Å². The molecule has 1 unspecified atom stereocenters. The lowest BCUT2D eigenvalue weighted by Crippen LogP contribution is -2.59. The molecule has 0 amide bonds. The zero-order valence-electron chi connectivity index (χ0n) is 10.7. The molecule has 0 aromatic rings.